The average Bonchev–Trinajstić information content (AvgIpc) is 2.81. The minimum absolute atomic E-state index is 0.0236. The van der Waals surface area contributed by atoms with Gasteiger partial charge in [0.05, 0.1) is 0 Å². The van der Waals surface area contributed by atoms with Gasteiger partial charge in [-0.1, -0.05) is 18.7 Å². The zero-order valence-corrected chi connectivity index (χ0v) is 13.6. The summed E-state index contributed by atoms with van der Waals surface area (Å²) < 4.78 is 0. The summed E-state index contributed by atoms with van der Waals surface area (Å²) in [4.78, 5) is 31.3. The number of rotatable bonds is 5. The zero-order valence-electron chi connectivity index (χ0n) is 12.0. The average molecular weight is 313 g/mol. The molecular formula is C13H19N3O2S2. The molecular weight excluding hydrogens is 294 g/mol. The lowest BCUT2D eigenvalue weighted by Crippen LogP contribution is -2.49. The van der Waals surface area contributed by atoms with Gasteiger partial charge in [0.1, 0.15) is 5.69 Å². The van der Waals surface area contributed by atoms with Crippen molar-refractivity contribution in [1.29, 1.82) is 0 Å². The monoisotopic (exact) mass is 313 g/mol. The molecule has 0 aliphatic carbocycles. The van der Waals surface area contributed by atoms with Gasteiger partial charge in [0.15, 0.2) is 10.2 Å². The molecule has 0 bridgehead atoms. The number of carbonyl (C=O) groups excluding carboxylic acids is 2. The van der Waals surface area contributed by atoms with E-state index in [9.17, 15) is 9.59 Å². The van der Waals surface area contributed by atoms with Crippen molar-refractivity contribution in [2.75, 3.05) is 31.6 Å². The molecule has 0 N–H and O–H groups in total. The van der Waals surface area contributed by atoms with Gasteiger partial charge >= 0.3 is 0 Å². The van der Waals surface area contributed by atoms with Gasteiger partial charge in [0.25, 0.3) is 5.91 Å². The summed E-state index contributed by atoms with van der Waals surface area (Å²) in [6.07, 6.45) is 0.940. The lowest BCUT2D eigenvalue weighted by Gasteiger charge is -2.37. The van der Waals surface area contributed by atoms with Gasteiger partial charge in [-0.05, 0) is 6.42 Å². The summed E-state index contributed by atoms with van der Waals surface area (Å²) in [7, 11) is 1.80. The van der Waals surface area contributed by atoms with Gasteiger partial charge in [0.2, 0.25) is 0 Å². The molecule has 1 aliphatic heterocycles. The molecule has 1 saturated heterocycles. The molecule has 0 spiro atoms. The van der Waals surface area contributed by atoms with Crippen molar-refractivity contribution in [1.82, 2.24) is 9.88 Å². The van der Waals surface area contributed by atoms with Gasteiger partial charge in [-0.3, -0.25) is 9.59 Å². The Hall–Kier alpha value is -1.08. The van der Waals surface area contributed by atoms with Crippen LogP contribution in [0.25, 0.3) is 0 Å². The normalized spacial score (nSPS) is 15.1. The minimum atomic E-state index is -0.0236. The number of thiazole rings is 1. The molecule has 1 fully saturated rings. The summed E-state index contributed by atoms with van der Waals surface area (Å²) >= 11 is 2.88. The highest BCUT2D eigenvalue weighted by atomic mass is 32.2. The minimum Gasteiger partial charge on any atom is -0.346 e. The molecule has 0 unspecified atom stereocenters. The molecule has 110 valence electrons. The van der Waals surface area contributed by atoms with Crippen LogP contribution < -0.4 is 4.90 Å². The molecule has 7 heteroatoms. The Balaban J connectivity index is 1.90. The van der Waals surface area contributed by atoms with E-state index in [1.54, 1.807) is 18.9 Å². The van der Waals surface area contributed by atoms with Crippen molar-refractivity contribution in [3.05, 3.63) is 11.1 Å². The third kappa shape index (κ3) is 3.52. The molecule has 0 aromatic carbocycles. The van der Waals surface area contributed by atoms with Crippen LogP contribution in [0.15, 0.2) is 5.38 Å². The van der Waals surface area contributed by atoms with Gasteiger partial charge in [-0.15, -0.1) is 11.3 Å². The molecule has 0 saturated carbocycles. The van der Waals surface area contributed by atoms with Crippen molar-refractivity contribution < 1.29 is 9.59 Å². The number of thioether (sulfide) groups is 1. The number of nitrogens with zero attached hydrogens (tertiary/aromatic N) is 3. The smallest absolute Gasteiger partial charge is 0.273 e. The largest absolute Gasteiger partial charge is 0.346 e. The van der Waals surface area contributed by atoms with Crippen molar-refractivity contribution in [3.8, 4) is 0 Å². The SMILES string of the molecule is CCCN(C)C(=O)c1csc(N2CC(SC(C)=O)C2)n1. The van der Waals surface area contributed by atoms with Crippen molar-refractivity contribution in [2.24, 2.45) is 0 Å². The standard InChI is InChI=1S/C13H19N3O2S2/c1-4-5-15(3)12(18)11-8-19-13(14-11)16-6-10(7-16)20-9(2)17/h8,10H,4-7H2,1-3H3. The van der Waals surface area contributed by atoms with Crippen LogP contribution in [0, 0.1) is 0 Å². The first-order chi connectivity index (χ1) is 9.51. The van der Waals surface area contributed by atoms with E-state index < -0.39 is 0 Å². The summed E-state index contributed by atoms with van der Waals surface area (Å²) in [6, 6.07) is 0. The van der Waals surface area contributed by atoms with Crippen LogP contribution in [0.2, 0.25) is 0 Å². The van der Waals surface area contributed by atoms with E-state index in [1.807, 2.05) is 12.3 Å². The fraction of sp³-hybridized carbons (Fsp3) is 0.615. The van der Waals surface area contributed by atoms with Crippen LogP contribution in [0.1, 0.15) is 30.8 Å². The molecule has 0 radical (unpaired) electrons. The number of anilines is 1. The van der Waals surface area contributed by atoms with Gasteiger partial charge in [-0.2, -0.15) is 0 Å². The summed E-state index contributed by atoms with van der Waals surface area (Å²) in [5.74, 6) is -0.0236. The van der Waals surface area contributed by atoms with Gasteiger partial charge in [0, 0.05) is 44.2 Å². The van der Waals surface area contributed by atoms with Gasteiger partial charge in [-0.25, -0.2) is 4.98 Å². The lowest BCUT2D eigenvalue weighted by atomic mass is 10.2. The fourth-order valence-electron chi connectivity index (χ4n) is 2.04. The Kier molecular flexibility index (Phi) is 5.04. The second kappa shape index (κ2) is 6.58. The zero-order chi connectivity index (χ0) is 14.7. The Morgan fingerprint density at radius 2 is 2.25 bits per heavy atom. The maximum absolute atomic E-state index is 12.1. The van der Waals surface area contributed by atoms with E-state index in [0.717, 1.165) is 31.2 Å². The highest BCUT2D eigenvalue weighted by molar-refractivity contribution is 8.14. The Bertz CT molecular complexity index is 498. The molecule has 1 amide bonds. The van der Waals surface area contributed by atoms with E-state index in [2.05, 4.69) is 9.88 Å². The quantitative estimate of drug-likeness (QED) is 0.833. The first-order valence-electron chi connectivity index (χ1n) is 6.64. The first kappa shape index (κ1) is 15.3. The predicted molar refractivity (Wildman–Crippen MR) is 83.6 cm³/mol. The molecule has 0 atom stereocenters. The van der Waals surface area contributed by atoms with E-state index in [0.29, 0.717) is 10.9 Å². The summed E-state index contributed by atoms with van der Waals surface area (Å²) in [6.45, 7) is 6.04. The van der Waals surface area contributed by atoms with Crippen molar-refractivity contribution in [3.63, 3.8) is 0 Å². The third-order valence-electron chi connectivity index (χ3n) is 3.07. The van der Waals surface area contributed by atoms with Crippen LogP contribution in [-0.2, 0) is 4.79 Å². The molecule has 2 heterocycles. The highest BCUT2D eigenvalue weighted by Crippen LogP contribution is 2.30. The second-order valence-electron chi connectivity index (χ2n) is 4.88. The molecule has 2 rings (SSSR count). The van der Waals surface area contributed by atoms with Crippen LogP contribution >= 0.6 is 23.1 Å². The third-order valence-corrected chi connectivity index (χ3v) is 4.93. The number of carbonyl (C=O) groups is 2. The highest BCUT2D eigenvalue weighted by Gasteiger charge is 2.30. The molecule has 5 nitrogen and oxygen atoms in total. The first-order valence-corrected chi connectivity index (χ1v) is 8.40. The number of hydrogen-bond donors (Lipinski definition) is 0. The van der Waals surface area contributed by atoms with Crippen molar-refractivity contribution >= 4 is 39.3 Å². The van der Waals surface area contributed by atoms with E-state index >= 15 is 0 Å². The lowest BCUT2D eigenvalue weighted by molar-refractivity contribution is -0.109. The fourth-order valence-corrected chi connectivity index (χ4v) is 3.84. The second-order valence-corrected chi connectivity index (χ2v) is 7.19. The van der Waals surface area contributed by atoms with Gasteiger partial charge < -0.3 is 9.80 Å². The molecule has 1 aromatic rings. The van der Waals surface area contributed by atoms with Crippen molar-refractivity contribution in [2.45, 2.75) is 25.5 Å². The maximum atomic E-state index is 12.1. The van der Waals surface area contributed by atoms with E-state index in [1.165, 1.54) is 23.1 Å². The molecule has 1 aromatic heterocycles. The topological polar surface area (TPSA) is 53.5 Å². The Morgan fingerprint density at radius 1 is 1.55 bits per heavy atom. The van der Waals surface area contributed by atoms with Crippen LogP contribution in [-0.4, -0.2) is 52.8 Å². The summed E-state index contributed by atoms with van der Waals surface area (Å²) in [5, 5.41) is 3.21. The van der Waals surface area contributed by atoms with Crippen LogP contribution in [0.5, 0.6) is 0 Å². The summed E-state index contributed by atoms with van der Waals surface area (Å²) in [5.41, 5.74) is 0.517. The number of hydrogen-bond acceptors (Lipinski definition) is 6. The van der Waals surface area contributed by atoms with Crippen LogP contribution in [0.3, 0.4) is 0 Å². The van der Waals surface area contributed by atoms with E-state index in [-0.39, 0.29) is 11.0 Å². The Labute approximate surface area is 127 Å². The number of aromatic nitrogens is 1. The predicted octanol–water partition coefficient (Wildman–Crippen LogP) is 2.09. The van der Waals surface area contributed by atoms with E-state index in [4.69, 9.17) is 0 Å². The Morgan fingerprint density at radius 3 is 2.85 bits per heavy atom. The molecule has 20 heavy (non-hydrogen) atoms. The number of amides is 1. The molecule has 1 aliphatic rings. The van der Waals surface area contributed by atoms with Crippen LogP contribution in [0.4, 0.5) is 5.13 Å². The maximum Gasteiger partial charge on any atom is 0.273 e.